The maximum Gasteiger partial charge on any atom is 0.334 e. The molecular weight excluding hydrogens is 324 g/mol. The van der Waals surface area contributed by atoms with E-state index in [1.807, 2.05) is 6.07 Å². The molecule has 1 fully saturated rings. The minimum Gasteiger partial charge on any atom is -0.479 e. The Labute approximate surface area is 147 Å². The van der Waals surface area contributed by atoms with Crippen LogP contribution in [0.3, 0.4) is 0 Å². The molecule has 1 aromatic rings. The van der Waals surface area contributed by atoms with Crippen LogP contribution in [0.5, 0.6) is 0 Å². The molecule has 0 aromatic heterocycles. The molecule has 1 heterocycles. The molecule has 2 rings (SSSR count). The number of ether oxygens (including phenoxy) is 1. The Kier molecular flexibility index (Phi) is 6.14. The van der Waals surface area contributed by atoms with Gasteiger partial charge in [0, 0.05) is 25.8 Å². The van der Waals surface area contributed by atoms with Crippen molar-refractivity contribution in [2.24, 2.45) is 5.41 Å². The molecule has 7 heteroatoms. The molecule has 0 bridgehead atoms. The lowest BCUT2D eigenvalue weighted by molar-refractivity contribution is -0.148. The fraction of sp³-hybridized carbons (Fsp3) is 0.500. The van der Waals surface area contributed by atoms with Gasteiger partial charge in [-0.15, -0.1) is 0 Å². The number of methoxy groups -OCH3 is 1. The van der Waals surface area contributed by atoms with Gasteiger partial charge in [-0.25, -0.2) is 4.79 Å². The number of carbonyl (C=O) groups excluding carboxylic acids is 2. The zero-order chi connectivity index (χ0) is 18.4. The van der Waals surface area contributed by atoms with Crippen LogP contribution in [0.2, 0.25) is 0 Å². The first kappa shape index (κ1) is 18.9. The van der Waals surface area contributed by atoms with Gasteiger partial charge in [0.05, 0.1) is 12.0 Å². The van der Waals surface area contributed by atoms with Crippen molar-refractivity contribution in [2.45, 2.75) is 25.9 Å². The third kappa shape index (κ3) is 4.57. The second-order valence-electron chi connectivity index (χ2n) is 6.53. The topological polar surface area (TPSA) is 95.9 Å². The van der Waals surface area contributed by atoms with Crippen molar-refractivity contribution < 1.29 is 24.2 Å². The zero-order valence-corrected chi connectivity index (χ0v) is 14.5. The smallest absolute Gasteiger partial charge is 0.334 e. The average Bonchev–Trinajstić information content (AvgIpc) is 2.62. The van der Waals surface area contributed by atoms with E-state index in [1.165, 1.54) is 7.11 Å². The van der Waals surface area contributed by atoms with E-state index < -0.39 is 17.5 Å². The van der Waals surface area contributed by atoms with Crippen LogP contribution in [0.25, 0.3) is 0 Å². The molecule has 2 unspecified atom stereocenters. The van der Waals surface area contributed by atoms with Crippen LogP contribution in [0.15, 0.2) is 30.3 Å². The van der Waals surface area contributed by atoms with Crippen molar-refractivity contribution in [3.8, 4) is 0 Å². The number of nitrogens with zero attached hydrogens (tertiary/aromatic N) is 1. The van der Waals surface area contributed by atoms with Crippen LogP contribution in [-0.2, 0) is 14.3 Å². The van der Waals surface area contributed by atoms with E-state index in [1.54, 1.807) is 36.1 Å². The van der Waals surface area contributed by atoms with Gasteiger partial charge in [-0.1, -0.05) is 18.2 Å². The highest BCUT2D eigenvalue weighted by Gasteiger charge is 2.39. The van der Waals surface area contributed by atoms with Crippen LogP contribution < -0.4 is 5.32 Å². The van der Waals surface area contributed by atoms with E-state index in [0.29, 0.717) is 25.1 Å². The van der Waals surface area contributed by atoms with Gasteiger partial charge in [0.25, 0.3) is 5.91 Å². The first-order valence-corrected chi connectivity index (χ1v) is 8.25. The Morgan fingerprint density at radius 2 is 2.00 bits per heavy atom. The number of piperidine rings is 1. The number of aliphatic carboxylic acids is 1. The number of likely N-dealkylation sites (tertiary alicyclic amines) is 1. The molecule has 136 valence electrons. The van der Waals surface area contributed by atoms with Gasteiger partial charge in [0.2, 0.25) is 5.91 Å². The minimum atomic E-state index is -1.13. The molecule has 1 saturated heterocycles. The lowest BCUT2D eigenvalue weighted by Gasteiger charge is -2.39. The fourth-order valence-corrected chi connectivity index (χ4v) is 3.03. The standard InChI is InChI=1S/C18H24N2O5/c1-18(17(24)19-11-14(25-2)16(22)23)9-6-10-20(12-18)15(21)13-7-4-3-5-8-13/h3-5,7-8,14H,6,9-12H2,1-2H3,(H,19,24)(H,22,23). The van der Waals surface area contributed by atoms with Gasteiger partial charge in [-0.2, -0.15) is 0 Å². The number of carboxylic acid groups (broad SMARTS) is 1. The van der Waals surface area contributed by atoms with Crippen LogP contribution >= 0.6 is 0 Å². The summed E-state index contributed by atoms with van der Waals surface area (Å²) < 4.78 is 4.82. The maximum absolute atomic E-state index is 12.6. The first-order valence-electron chi connectivity index (χ1n) is 8.25. The van der Waals surface area contributed by atoms with Crippen molar-refractivity contribution in [2.75, 3.05) is 26.7 Å². The van der Waals surface area contributed by atoms with Crippen molar-refractivity contribution in [1.29, 1.82) is 0 Å². The van der Waals surface area contributed by atoms with E-state index in [2.05, 4.69) is 5.32 Å². The molecule has 0 radical (unpaired) electrons. The molecule has 7 nitrogen and oxygen atoms in total. The summed E-state index contributed by atoms with van der Waals surface area (Å²) in [5.74, 6) is -1.49. The Balaban J connectivity index is 2.01. The molecule has 2 N–H and O–H groups in total. The van der Waals surface area contributed by atoms with Crippen LogP contribution in [-0.4, -0.2) is 60.6 Å². The Morgan fingerprint density at radius 1 is 1.32 bits per heavy atom. The molecule has 2 atom stereocenters. The summed E-state index contributed by atoms with van der Waals surface area (Å²) >= 11 is 0. The van der Waals surface area contributed by atoms with Crippen LogP contribution in [0.1, 0.15) is 30.1 Å². The molecule has 25 heavy (non-hydrogen) atoms. The third-order valence-corrected chi connectivity index (χ3v) is 4.56. The number of amides is 2. The number of carboxylic acids is 1. The number of rotatable bonds is 6. The molecular formula is C18H24N2O5. The minimum absolute atomic E-state index is 0.0976. The van der Waals surface area contributed by atoms with E-state index in [0.717, 1.165) is 6.42 Å². The molecule has 0 saturated carbocycles. The lowest BCUT2D eigenvalue weighted by atomic mass is 9.80. The molecule has 1 aliphatic heterocycles. The number of carbonyl (C=O) groups is 3. The van der Waals surface area contributed by atoms with Gasteiger partial charge < -0.3 is 20.1 Å². The summed E-state index contributed by atoms with van der Waals surface area (Å²) in [6, 6.07) is 8.97. The Bertz CT molecular complexity index is 634. The van der Waals surface area contributed by atoms with Crippen molar-refractivity contribution >= 4 is 17.8 Å². The monoisotopic (exact) mass is 348 g/mol. The highest BCUT2D eigenvalue weighted by Crippen LogP contribution is 2.30. The Morgan fingerprint density at radius 3 is 2.60 bits per heavy atom. The van der Waals surface area contributed by atoms with Gasteiger partial charge in [0.1, 0.15) is 0 Å². The summed E-state index contributed by atoms with van der Waals surface area (Å²) in [6.07, 6.45) is 0.273. The largest absolute Gasteiger partial charge is 0.479 e. The fourth-order valence-electron chi connectivity index (χ4n) is 3.03. The highest BCUT2D eigenvalue weighted by atomic mass is 16.5. The van der Waals surface area contributed by atoms with Gasteiger partial charge >= 0.3 is 5.97 Å². The molecule has 1 aliphatic rings. The van der Waals surface area contributed by atoms with E-state index in [4.69, 9.17) is 9.84 Å². The van der Waals surface area contributed by atoms with Crippen molar-refractivity contribution in [1.82, 2.24) is 10.2 Å². The average molecular weight is 348 g/mol. The highest BCUT2D eigenvalue weighted by molar-refractivity contribution is 5.95. The normalized spacial score (nSPS) is 21.4. The van der Waals surface area contributed by atoms with Crippen LogP contribution in [0, 0.1) is 5.41 Å². The Hall–Kier alpha value is -2.41. The van der Waals surface area contributed by atoms with Crippen molar-refractivity contribution in [3.05, 3.63) is 35.9 Å². The van der Waals surface area contributed by atoms with E-state index in [-0.39, 0.29) is 18.4 Å². The molecule has 2 amide bonds. The lowest BCUT2D eigenvalue weighted by Crippen LogP contribution is -2.53. The number of hydrogen-bond acceptors (Lipinski definition) is 4. The summed E-state index contributed by atoms with van der Waals surface area (Å²) in [6.45, 7) is 2.60. The third-order valence-electron chi connectivity index (χ3n) is 4.56. The SMILES string of the molecule is COC(CNC(=O)C1(C)CCCN(C(=O)c2ccccc2)C1)C(=O)O. The van der Waals surface area contributed by atoms with Gasteiger partial charge in [-0.3, -0.25) is 9.59 Å². The predicted octanol–water partition coefficient (Wildman–Crippen LogP) is 1.14. The number of benzene rings is 1. The predicted molar refractivity (Wildman–Crippen MR) is 91.1 cm³/mol. The second-order valence-corrected chi connectivity index (χ2v) is 6.53. The summed E-state index contributed by atoms with van der Waals surface area (Å²) in [5.41, 5.74) is -0.156. The van der Waals surface area contributed by atoms with Crippen molar-refractivity contribution in [3.63, 3.8) is 0 Å². The molecule has 0 spiro atoms. The van der Waals surface area contributed by atoms with Gasteiger partial charge in [-0.05, 0) is 31.9 Å². The number of hydrogen-bond donors (Lipinski definition) is 2. The quantitative estimate of drug-likeness (QED) is 0.804. The summed E-state index contributed by atoms with van der Waals surface area (Å²) in [4.78, 5) is 37.8. The second kappa shape index (κ2) is 8.11. The zero-order valence-electron chi connectivity index (χ0n) is 14.5. The van der Waals surface area contributed by atoms with Gasteiger partial charge in [0.15, 0.2) is 6.10 Å². The summed E-state index contributed by atoms with van der Waals surface area (Å²) in [5, 5.41) is 11.6. The number of nitrogens with one attached hydrogen (secondary N) is 1. The molecule has 0 aliphatic carbocycles. The summed E-state index contributed by atoms with van der Waals surface area (Å²) in [7, 11) is 1.29. The maximum atomic E-state index is 12.6. The van der Waals surface area contributed by atoms with Crippen LogP contribution in [0.4, 0.5) is 0 Å². The van der Waals surface area contributed by atoms with E-state index in [9.17, 15) is 14.4 Å². The first-order chi connectivity index (χ1) is 11.9. The molecule has 1 aromatic carbocycles. The van der Waals surface area contributed by atoms with E-state index >= 15 is 0 Å².